The van der Waals surface area contributed by atoms with E-state index in [0.29, 0.717) is 11.3 Å². The quantitative estimate of drug-likeness (QED) is 0.706. The SMILES string of the molecule is FC(F)c1cccc(-c2ccco2)c1. The Morgan fingerprint density at radius 2 is 1.93 bits per heavy atom. The zero-order valence-corrected chi connectivity index (χ0v) is 7.28. The van der Waals surface area contributed by atoms with Gasteiger partial charge in [0.1, 0.15) is 5.76 Å². The van der Waals surface area contributed by atoms with Crippen LogP contribution in [0.5, 0.6) is 0 Å². The first kappa shape index (κ1) is 8.94. The number of alkyl halides is 2. The van der Waals surface area contributed by atoms with E-state index in [1.54, 1.807) is 24.3 Å². The second kappa shape index (κ2) is 3.62. The predicted molar refractivity (Wildman–Crippen MR) is 49.1 cm³/mol. The fourth-order valence-corrected chi connectivity index (χ4v) is 1.27. The molecule has 2 aromatic rings. The van der Waals surface area contributed by atoms with Crippen LogP contribution in [0.2, 0.25) is 0 Å². The molecule has 0 fully saturated rings. The van der Waals surface area contributed by atoms with Gasteiger partial charge in [0, 0.05) is 11.1 Å². The lowest BCUT2D eigenvalue weighted by Crippen LogP contribution is -1.84. The van der Waals surface area contributed by atoms with Crippen molar-refractivity contribution >= 4 is 0 Å². The monoisotopic (exact) mass is 194 g/mol. The third-order valence-corrected chi connectivity index (χ3v) is 1.94. The predicted octanol–water partition coefficient (Wildman–Crippen LogP) is 3.88. The second-order valence-corrected chi connectivity index (χ2v) is 2.90. The Kier molecular flexibility index (Phi) is 2.31. The van der Waals surface area contributed by atoms with E-state index in [9.17, 15) is 8.78 Å². The maximum Gasteiger partial charge on any atom is 0.263 e. The molecule has 0 atom stereocenters. The second-order valence-electron chi connectivity index (χ2n) is 2.90. The molecule has 0 radical (unpaired) electrons. The van der Waals surface area contributed by atoms with Crippen LogP contribution in [-0.2, 0) is 0 Å². The summed E-state index contributed by atoms with van der Waals surface area (Å²) in [7, 11) is 0. The standard InChI is InChI=1S/C11H8F2O/c12-11(13)9-4-1-3-8(7-9)10-5-2-6-14-10/h1-7,11H. The van der Waals surface area contributed by atoms with Crippen LogP contribution in [-0.4, -0.2) is 0 Å². The van der Waals surface area contributed by atoms with Gasteiger partial charge in [-0.3, -0.25) is 0 Å². The van der Waals surface area contributed by atoms with Crippen molar-refractivity contribution in [1.82, 2.24) is 0 Å². The third kappa shape index (κ3) is 1.66. The number of hydrogen-bond acceptors (Lipinski definition) is 1. The van der Waals surface area contributed by atoms with Gasteiger partial charge in [0.2, 0.25) is 0 Å². The molecule has 72 valence electrons. The minimum atomic E-state index is -2.44. The number of benzene rings is 1. The van der Waals surface area contributed by atoms with Gasteiger partial charge in [-0.05, 0) is 18.2 Å². The lowest BCUT2D eigenvalue weighted by Gasteiger charge is -2.01. The van der Waals surface area contributed by atoms with E-state index in [0.717, 1.165) is 0 Å². The van der Waals surface area contributed by atoms with Gasteiger partial charge in [0.25, 0.3) is 6.43 Å². The highest BCUT2D eigenvalue weighted by molar-refractivity contribution is 5.58. The summed E-state index contributed by atoms with van der Waals surface area (Å²) >= 11 is 0. The Bertz CT molecular complexity index is 407. The number of furan rings is 1. The van der Waals surface area contributed by atoms with Crippen LogP contribution in [0.25, 0.3) is 11.3 Å². The van der Waals surface area contributed by atoms with E-state index in [1.165, 1.54) is 18.4 Å². The zero-order valence-electron chi connectivity index (χ0n) is 7.28. The topological polar surface area (TPSA) is 13.1 Å². The Hall–Kier alpha value is -1.64. The molecule has 0 unspecified atom stereocenters. The molecule has 0 spiro atoms. The molecule has 0 bridgehead atoms. The fraction of sp³-hybridized carbons (Fsp3) is 0.0909. The summed E-state index contributed by atoms with van der Waals surface area (Å²) in [5.74, 6) is 0.604. The summed E-state index contributed by atoms with van der Waals surface area (Å²) in [6, 6.07) is 9.64. The van der Waals surface area contributed by atoms with Crippen LogP contribution >= 0.6 is 0 Å². The lowest BCUT2D eigenvalue weighted by molar-refractivity contribution is 0.151. The van der Waals surface area contributed by atoms with Gasteiger partial charge in [-0.25, -0.2) is 8.78 Å². The van der Waals surface area contributed by atoms with E-state index in [2.05, 4.69) is 0 Å². The molecule has 3 heteroatoms. The van der Waals surface area contributed by atoms with E-state index >= 15 is 0 Å². The van der Waals surface area contributed by atoms with Crippen LogP contribution in [0, 0.1) is 0 Å². The molecule has 14 heavy (non-hydrogen) atoms. The highest BCUT2D eigenvalue weighted by atomic mass is 19.3. The maximum atomic E-state index is 12.4. The van der Waals surface area contributed by atoms with Crippen molar-refractivity contribution in [2.24, 2.45) is 0 Å². The largest absolute Gasteiger partial charge is 0.464 e. The van der Waals surface area contributed by atoms with Gasteiger partial charge in [0.15, 0.2) is 0 Å². The van der Waals surface area contributed by atoms with Crippen molar-refractivity contribution in [3.8, 4) is 11.3 Å². The molecular weight excluding hydrogens is 186 g/mol. The summed E-state index contributed by atoms with van der Waals surface area (Å²) in [5.41, 5.74) is 0.687. The Morgan fingerprint density at radius 1 is 1.07 bits per heavy atom. The normalized spacial score (nSPS) is 10.8. The molecule has 2 rings (SSSR count). The molecular formula is C11H8F2O. The van der Waals surface area contributed by atoms with Gasteiger partial charge in [-0.2, -0.15) is 0 Å². The average molecular weight is 194 g/mol. The van der Waals surface area contributed by atoms with Crippen molar-refractivity contribution < 1.29 is 13.2 Å². The third-order valence-electron chi connectivity index (χ3n) is 1.94. The van der Waals surface area contributed by atoms with Crippen LogP contribution in [0.1, 0.15) is 12.0 Å². The molecule has 0 saturated carbocycles. The van der Waals surface area contributed by atoms with Crippen LogP contribution < -0.4 is 0 Å². The van der Waals surface area contributed by atoms with Crippen LogP contribution in [0.15, 0.2) is 47.1 Å². The van der Waals surface area contributed by atoms with Gasteiger partial charge in [-0.1, -0.05) is 18.2 Å². The minimum absolute atomic E-state index is 0.0129. The summed E-state index contributed by atoms with van der Waals surface area (Å²) in [6.07, 6.45) is -0.922. The van der Waals surface area contributed by atoms with Crippen LogP contribution in [0.4, 0.5) is 8.78 Å². The summed E-state index contributed by atoms with van der Waals surface area (Å²) in [6.45, 7) is 0. The smallest absolute Gasteiger partial charge is 0.263 e. The van der Waals surface area contributed by atoms with Gasteiger partial charge in [0.05, 0.1) is 6.26 Å². The number of rotatable bonds is 2. The molecule has 0 saturated heterocycles. The first-order chi connectivity index (χ1) is 6.77. The molecule has 0 N–H and O–H groups in total. The molecule has 0 amide bonds. The average Bonchev–Trinajstić information content (AvgIpc) is 2.71. The Morgan fingerprint density at radius 3 is 2.57 bits per heavy atom. The minimum Gasteiger partial charge on any atom is -0.464 e. The molecule has 0 aliphatic carbocycles. The summed E-state index contributed by atoms with van der Waals surface area (Å²) < 4.78 is 29.8. The first-order valence-electron chi connectivity index (χ1n) is 4.19. The summed E-state index contributed by atoms with van der Waals surface area (Å²) in [5, 5.41) is 0. The maximum absolute atomic E-state index is 12.4. The van der Waals surface area contributed by atoms with Gasteiger partial charge in [-0.15, -0.1) is 0 Å². The fourth-order valence-electron chi connectivity index (χ4n) is 1.27. The lowest BCUT2D eigenvalue weighted by atomic mass is 10.1. The van der Waals surface area contributed by atoms with Gasteiger partial charge >= 0.3 is 0 Å². The number of halogens is 2. The van der Waals surface area contributed by atoms with E-state index in [-0.39, 0.29) is 5.56 Å². The molecule has 1 aromatic carbocycles. The Labute approximate surface area is 80.0 Å². The molecule has 1 aromatic heterocycles. The van der Waals surface area contributed by atoms with Gasteiger partial charge < -0.3 is 4.42 Å². The van der Waals surface area contributed by atoms with E-state index in [4.69, 9.17) is 4.42 Å². The van der Waals surface area contributed by atoms with Crippen molar-refractivity contribution in [3.63, 3.8) is 0 Å². The van der Waals surface area contributed by atoms with E-state index in [1.807, 2.05) is 0 Å². The van der Waals surface area contributed by atoms with Crippen molar-refractivity contribution in [1.29, 1.82) is 0 Å². The molecule has 0 aliphatic rings. The van der Waals surface area contributed by atoms with Crippen molar-refractivity contribution in [2.45, 2.75) is 6.43 Å². The molecule has 1 heterocycles. The molecule has 0 aliphatic heterocycles. The summed E-state index contributed by atoms with van der Waals surface area (Å²) in [4.78, 5) is 0. The van der Waals surface area contributed by atoms with Crippen molar-refractivity contribution in [3.05, 3.63) is 48.2 Å². The highest BCUT2D eigenvalue weighted by Gasteiger charge is 2.08. The first-order valence-corrected chi connectivity index (χ1v) is 4.19. The van der Waals surface area contributed by atoms with Crippen LogP contribution in [0.3, 0.4) is 0 Å². The van der Waals surface area contributed by atoms with Crippen molar-refractivity contribution in [2.75, 3.05) is 0 Å². The zero-order chi connectivity index (χ0) is 9.97. The number of hydrogen-bond donors (Lipinski definition) is 0. The highest BCUT2D eigenvalue weighted by Crippen LogP contribution is 2.25. The molecule has 1 nitrogen and oxygen atoms in total. The van der Waals surface area contributed by atoms with E-state index < -0.39 is 6.43 Å². The Balaban J connectivity index is 2.41.